The molecule has 1 aromatic carbocycles. The highest BCUT2D eigenvalue weighted by Gasteiger charge is 2.39. The number of carboxylic acid groups (broad SMARTS) is 1. The molecule has 0 aliphatic heterocycles. The zero-order chi connectivity index (χ0) is 16.4. The number of urea groups is 1. The zero-order valence-electron chi connectivity index (χ0n) is 12.8. The third-order valence-electron chi connectivity index (χ3n) is 4.82. The van der Waals surface area contributed by atoms with Crippen LogP contribution in [0.3, 0.4) is 0 Å². The summed E-state index contributed by atoms with van der Waals surface area (Å²) in [4.78, 5) is 22.9. The Morgan fingerprint density at radius 3 is 2.30 bits per heavy atom. The molecule has 0 unspecified atom stereocenters. The summed E-state index contributed by atoms with van der Waals surface area (Å²) in [5, 5.41) is 14.8. The molecule has 0 spiro atoms. The van der Waals surface area contributed by atoms with Gasteiger partial charge >= 0.3 is 12.0 Å². The molecule has 0 heterocycles. The lowest BCUT2D eigenvalue weighted by atomic mass is 9.86. The van der Waals surface area contributed by atoms with Crippen molar-refractivity contribution in [2.75, 3.05) is 0 Å². The zero-order valence-corrected chi connectivity index (χ0v) is 12.8. The summed E-state index contributed by atoms with van der Waals surface area (Å²) in [5.41, 5.74) is 1.04. The molecule has 0 aromatic heterocycles. The maximum Gasteiger partial charge on any atom is 0.315 e. The summed E-state index contributed by atoms with van der Waals surface area (Å²) < 4.78 is 12.9. The number of nitrogens with one attached hydrogen (secondary N) is 2. The van der Waals surface area contributed by atoms with Crippen molar-refractivity contribution in [1.82, 2.24) is 10.6 Å². The number of amides is 2. The minimum atomic E-state index is -0.743. The third kappa shape index (κ3) is 4.00. The van der Waals surface area contributed by atoms with Gasteiger partial charge in [0.05, 0.1) is 5.92 Å². The van der Waals surface area contributed by atoms with Gasteiger partial charge in [-0.25, -0.2) is 9.18 Å². The van der Waals surface area contributed by atoms with Gasteiger partial charge in [-0.2, -0.15) is 0 Å². The molecule has 0 saturated heterocycles. The number of carbonyl (C=O) groups excluding carboxylic acids is 1. The number of rotatable bonds is 4. The van der Waals surface area contributed by atoms with Crippen molar-refractivity contribution in [1.29, 1.82) is 0 Å². The highest BCUT2D eigenvalue weighted by molar-refractivity contribution is 5.75. The second kappa shape index (κ2) is 6.56. The Labute approximate surface area is 134 Å². The molecule has 5 nitrogen and oxygen atoms in total. The number of carboxylic acids is 1. The lowest BCUT2D eigenvalue weighted by molar-refractivity contribution is -0.142. The molecule has 6 heteroatoms. The maximum atomic E-state index is 12.9. The molecule has 3 rings (SSSR count). The van der Waals surface area contributed by atoms with Crippen LogP contribution in [-0.2, 0) is 4.79 Å². The molecule has 2 fully saturated rings. The molecule has 3 N–H and O–H groups in total. The van der Waals surface area contributed by atoms with Crippen LogP contribution < -0.4 is 10.6 Å². The van der Waals surface area contributed by atoms with Crippen LogP contribution in [0.5, 0.6) is 0 Å². The van der Waals surface area contributed by atoms with Gasteiger partial charge in [0.15, 0.2) is 0 Å². The van der Waals surface area contributed by atoms with E-state index in [-0.39, 0.29) is 35.8 Å². The van der Waals surface area contributed by atoms with Crippen LogP contribution in [0.25, 0.3) is 0 Å². The molecular weight excluding hydrogens is 299 g/mol. The van der Waals surface area contributed by atoms with E-state index < -0.39 is 5.97 Å². The van der Waals surface area contributed by atoms with Crippen LogP contribution in [0.2, 0.25) is 0 Å². The van der Waals surface area contributed by atoms with Crippen molar-refractivity contribution >= 4 is 12.0 Å². The van der Waals surface area contributed by atoms with E-state index in [1.54, 1.807) is 12.1 Å². The van der Waals surface area contributed by atoms with Gasteiger partial charge in [-0.05, 0) is 49.8 Å². The van der Waals surface area contributed by atoms with Crippen molar-refractivity contribution in [2.45, 2.75) is 50.1 Å². The monoisotopic (exact) mass is 320 g/mol. The third-order valence-corrected chi connectivity index (χ3v) is 4.82. The molecular formula is C17H21FN2O3. The Morgan fingerprint density at radius 1 is 1.04 bits per heavy atom. The highest BCUT2D eigenvalue weighted by atomic mass is 19.1. The topological polar surface area (TPSA) is 78.4 Å². The number of halogens is 1. The molecule has 1 aromatic rings. The molecule has 2 aliphatic carbocycles. The molecule has 23 heavy (non-hydrogen) atoms. The van der Waals surface area contributed by atoms with Crippen LogP contribution >= 0.6 is 0 Å². The first-order chi connectivity index (χ1) is 11.0. The van der Waals surface area contributed by atoms with Gasteiger partial charge in [0.1, 0.15) is 5.82 Å². The molecule has 2 amide bonds. The van der Waals surface area contributed by atoms with Gasteiger partial charge in [0.25, 0.3) is 0 Å². The van der Waals surface area contributed by atoms with Gasteiger partial charge in [-0.3, -0.25) is 4.79 Å². The standard InChI is InChI=1S/C17H21FN2O3/c18-12-5-1-10(2-6-12)14-9-15(14)20-17(23)19-13-7-3-11(4-8-13)16(21)22/h1-2,5-6,11,13-15H,3-4,7-9H2,(H,21,22)(H2,19,20,23)/t11?,13?,14-,15+/m0/s1. The molecule has 0 radical (unpaired) electrons. The first-order valence-corrected chi connectivity index (χ1v) is 8.08. The van der Waals surface area contributed by atoms with Gasteiger partial charge < -0.3 is 15.7 Å². The predicted octanol–water partition coefficient (Wildman–Crippen LogP) is 2.62. The van der Waals surface area contributed by atoms with Crippen LogP contribution in [-0.4, -0.2) is 29.2 Å². The van der Waals surface area contributed by atoms with Crippen LogP contribution in [0, 0.1) is 11.7 Å². The minimum Gasteiger partial charge on any atom is -0.481 e. The fourth-order valence-electron chi connectivity index (χ4n) is 3.31. The number of hydrogen-bond acceptors (Lipinski definition) is 2. The van der Waals surface area contributed by atoms with E-state index in [2.05, 4.69) is 10.6 Å². The summed E-state index contributed by atoms with van der Waals surface area (Å²) in [6, 6.07) is 6.33. The second-order valence-electron chi connectivity index (χ2n) is 6.50. The Morgan fingerprint density at radius 2 is 1.70 bits per heavy atom. The molecule has 2 aliphatic rings. The normalized spacial score (nSPS) is 29.6. The van der Waals surface area contributed by atoms with E-state index in [0.29, 0.717) is 25.7 Å². The number of aliphatic carboxylic acids is 1. The van der Waals surface area contributed by atoms with Gasteiger partial charge in [0.2, 0.25) is 0 Å². The Bertz CT molecular complexity index is 582. The van der Waals surface area contributed by atoms with Crippen LogP contribution in [0.4, 0.5) is 9.18 Å². The van der Waals surface area contributed by atoms with E-state index in [4.69, 9.17) is 5.11 Å². The average molecular weight is 320 g/mol. The van der Waals surface area contributed by atoms with E-state index >= 15 is 0 Å². The van der Waals surface area contributed by atoms with Gasteiger partial charge in [-0.15, -0.1) is 0 Å². The first-order valence-electron chi connectivity index (χ1n) is 8.08. The second-order valence-corrected chi connectivity index (χ2v) is 6.50. The highest BCUT2D eigenvalue weighted by Crippen LogP contribution is 2.40. The quantitative estimate of drug-likeness (QED) is 0.798. The lowest BCUT2D eigenvalue weighted by Crippen LogP contribution is -2.45. The van der Waals surface area contributed by atoms with E-state index in [1.165, 1.54) is 12.1 Å². The molecule has 2 saturated carbocycles. The van der Waals surface area contributed by atoms with Crippen molar-refractivity contribution < 1.29 is 19.1 Å². The fourth-order valence-corrected chi connectivity index (χ4v) is 3.31. The summed E-state index contributed by atoms with van der Waals surface area (Å²) >= 11 is 0. The smallest absolute Gasteiger partial charge is 0.315 e. The van der Waals surface area contributed by atoms with E-state index in [9.17, 15) is 14.0 Å². The van der Waals surface area contributed by atoms with E-state index in [1.807, 2.05) is 0 Å². The largest absolute Gasteiger partial charge is 0.481 e. The summed E-state index contributed by atoms with van der Waals surface area (Å²) in [7, 11) is 0. The van der Waals surface area contributed by atoms with Crippen molar-refractivity contribution in [3.05, 3.63) is 35.6 Å². The van der Waals surface area contributed by atoms with Crippen LogP contribution in [0.15, 0.2) is 24.3 Å². The Balaban J connectivity index is 1.41. The van der Waals surface area contributed by atoms with Crippen molar-refractivity contribution in [3.63, 3.8) is 0 Å². The predicted molar refractivity (Wildman–Crippen MR) is 82.6 cm³/mol. The summed E-state index contributed by atoms with van der Waals surface area (Å²) in [6.07, 6.45) is 3.50. The maximum absolute atomic E-state index is 12.9. The van der Waals surface area contributed by atoms with Gasteiger partial charge in [0, 0.05) is 18.0 Å². The Kier molecular flexibility index (Phi) is 4.50. The molecule has 124 valence electrons. The van der Waals surface area contributed by atoms with Crippen LogP contribution in [0.1, 0.15) is 43.6 Å². The molecule has 0 bridgehead atoms. The fraction of sp³-hybridized carbons (Fsp3) is 0.529. The van der Waals surface area contributed by atoms with Gasteiger partial charge in [-0.1, -0.05) is 12.1 Å². The Hall–Kier alpha value is -2.11. The van der Waals surface area contributed by atoms with Crippen molar-refractivity contribution in [3.8, 4) is 0 Å². The minimum absolute atomic E-state index is 0.0496. The van der Waals surface area contributed by atoms with Crippen molar-refractivity contribution in [2.24, 2.45) is 5.92 Å². The first kappa shape index (κ1) is 15.8. The SMILES string of the molecule is O=C(NC1CCC(C(=O)O)CC1)N[C@@H]1C[C@H]1c1ccc(F)cc1. The number of hydrogen-bond donors (Lipinski definition) is 3. The number of benzene rings is 1. The lowest BCUT2D eigenvalue weighted by Gasteiger charge is -2.26. The summed E-state index contributed by atoms with van der Waals surface area (Å²) in [6.45, 7) is 0. The molecule has 2 atom stereocenters. The summed E-state index contributed by atoms with van der Waals surface area (Å²) in [5.74, 6) is -1.02. The van der Waals surface area contributed by atoms with E-state index in [0.717, 1.165) is 12.0 Å². The average Bonchev–Trinajstić information content (AvgIpc) is 3.27. The number of carbonyl (C=O) groups is 2.